The average Bonchev–Trinajstić information content (AvgIpc) is 2.66. The Morgan fingerprint density at radius 2 is 1.83 bits per heavy atom. The van der Waals surface area contributed by atoms with Crippen molar-refractivity contribution in [3.05, 3.63) is 64.7 Å². The van der Waals surface area contributed by atoms with E-state index in [1.54, 1.807) is 32.0 Å². The highest BCUT2D eigenvalue weighted by molar-refractivity contribution is 7.92. The van der Waals surface area contributed by atoms with Gasteiger partial charge in [-0.2, -0.15) is 0 Å². The van der Waals surface area contributed by atoms with Crippen molar-refractivity contribution >= 4 is 33.2 Å². The number of nitrogens with zero attached hydrogens (tertiary/aromatic N) is 1. The van der Waals surface area contributed by atoms with Crippen molar-refractivity contribution in [3.63, 3.8) is 0 Å². The van der Waals surface area contributed by atoms with Crippen molar-refractivity contribution in [1.29, 1.82) is 0 Å². The quantitative estimate of drug-likeness (QED) is 0.636. The third-order valence-corrected chi connectivity index (χ3v) is 6.24. The first-order chi connectivity index (χ1) is 13.6. The molecule has 5 nitrogen and oxygen atoms in total. The maximum atomic E-state index is 13.0. The van der Waals surface area contributed by atoms with Crippen molar-refractivity contribution < 1.29 is 13.2 Å². The van der Waals surface area contributed by atoms with Gasteiger partial charge in [-0.3, -0.25) is 9.10 Å². The van der Waals surface area contributed by atoms with Gasteiger partial charge in [0.1, 0.15) is 6.04 Å². The number of rotatable bonds is 9. The molecule has 2 aromatic rings. The van der Waals surface area contributed by atoms with E-state index in [2.05, 4.69) is 17.4 Å². The highest BCUT2D eigenvalue weighted by atomic mass is 35.5. The van der Waals surface area contributed by atoms with Crippen LogP contribution in [0.1, 0.15) is 37.8 Å². The van der Waals surface area contributed by atoms with Crippen LogP contribution in [0.15, 0.2) is 48.5 Å². The molecular formula is C22H29ClN2O3S. The Bertz CT molecular complexity index is 932. The molecule has 0 aliphatic carbocycles. The Labute approximate surface area is 179 Å². The van der Waals surface area contributed by atoms with Crippen LogP contribution >= 0.6 is 11.6 Å². The van der Waals surface area contributed by atoms with E-state index < -0.39 is 16.1 Å². The summed E-state index contributed by atoms with van der Waals surface area (Å²) in [5, 5.41) is 3.40. The summed E-state index contributed by atoms with van der Waals surface area (Å²) in [4.78, 5) is 13.0. The van der Waals surface area contributed by atoms with Crippen LogP contribution in [0.5, 0.6) is 0 Å². The molecular weight excluding hydrogens is 408 g/mol. The van der Waals surface area contributed by atoms with E-state index in [0.717, 1.165) is 24.7 Å². The van der Waals surface area contributed by atoms with Gasteiger partial charge in [-0.15, -0.1) is 0 Å². The molecule has 0 saturated heterocycles. The Kier molecular flexibility index (Phi) is 8.11. The van der Waals surface area contributed by atoms with Gasteiger partial charge in [-0.25, -0.2) is 8.42 Å². The molecule has 2 aromatic carbocycles. The second-order valence-electron chi connectivity index (χ2n) is 7.35. The lowest BCUT2D eigenvalue weighted by molar-refractivity contribution is -0.122. The summed E-state index contributed by atoms with van der Waals surface area (Å²) in [6, 6.07) is 14.2. The number of hydrogen-bond donors (Lipinski definition) is 1. The first kappa shape index (κ1) is 23.2. The predicted octanol–water partition coefficient (Wildman–Crippen LogP) is 4.33. The molecule has 7 heteroatoms. The monoisotopic (exact) mass is 436 g/mol. The Hall–Kier alpha value is -2.05. The molecule has 1 N–H and O–H groups in total. The van der Waals surface area contributed by atoms with E-state index in [1.165, 1.54) is 9.87 Å². The molecule has 0 aromatic heterocycles. The topological polar surface area (TPSA) is 66.5 Å². The zero-order valence-corrected chi connectivity index (χ0v) is 18.9. The van der Waals surface area contributed by atoms with Gasteiger partial charge in [0.05, 0.1) is 11.9 Å². The Morgan fingerprint density at radius 1 is 1.17 bits per heavy atom. The van der Waals surface area contributed by atoms with Crippen LogP contribution < -0.4 is 9.62 Å². The van der Waals surface area contributed by atoms with E-state index in [-0.39, 0.29) is 11.9 Å². The number of amides is 1. The number of benzene rings is 2. The SMILES string of the molecule is CC[C@H](C(=O)N[C@H](C)CCc1ccccc1)N(c1cc(Cl)ccc1C)S(C)(=O)=O. The van der Waals surface area contributed by atoms with Gasteiger partial charge >= 0.3 is 0 Å². The van der Waals surface area contributed by atoms with Gasteiger partial charge in [-0.1, -0.05) is 54.9 Å². The first-order valence-electron chi connectivity index (χ1n) is 9.73. The molecule has 0 spiro atoms. The fourth-order valence-electron chi connectivity index (χ4n) is 3.29. The average molecular weight is 437 g/mol. The van der Waals surface area contributed by atoms with Crippen LogP contribution in [0.4, 0.5) is 5.69 Å². The van der Waals surface area contributed by atoms with E-state index in [4.69, 9.17) is 11.6 Å². The maximum Gasteiger partial charge on any atom is 0.244 e. The summed E-state index contributed by atoms with van der Waals surface area (Å²) < 4.78 is 26.4. The number of aryl methyl sites for hydroxylation is 2. The minimum Gasteiger partial charge on any atom is -0.352 e. The van der Waals surface area contributed by atoms with Crippen molar-refractivity contribution in [1.82, 2.24) is 5.32 Å². The summed E-state index contributed by atoms with van der Waals surface area (Å²) in [6.07, 6.45) is 3.06. The predicted molar refractivity (Wildman–Crippen MR) is 120 cm³/mol. The highest BCUT2D eigenvalue weighted by Gasteiger charge is 2.33. The van der Waals surface area contributed by atoms with Gasteiger partial charge < -0.3 is 5.32 Å². The van der Waals surface area contributed by atoms with E-state index in [9.17, 15) is 13.2 Å². The van der Waals surface area contributed by atoms with Gasteiger partial charge in [0.25, 0.3) is 0 Å². The van der Waals surface area contributed by atoms with Crippen molar-refractivity contribution in [2.45, 2.75) is 52.1 Å². The van der Waals surface area contributed by atoms with Crippen molar-refractivity contribution in [3.8, 4) is 0 Å². The zero-order valence-electron chi connectivity index (χ0n) is 17.4. The van der Waals surface area contributed by atoms with Crippen molar-refractivity contribution in [2.75, 3.05) is 10.6 Å². The maximum absolute atomic E-state index is 13.0. The molecule has 0 heterocycles. The number of carbonyl (C=O) groups is 1. The van der Waals surface area contributed by atoms with Gasteiger partial charge in [0.15, 0.2) is 0 Å². The molecule has 0 radical (unpaired) electrons. The molecule has 2 atom stereocenters. The number of halogens is 1. The lowest BCUT2D eigenvalue weighted by atomic mass is 10.1. The Morgan fingerprint density at radius 3 is 2.41 bits per heavy atom. The zero-order chi connectivity index (χ0) is 21.6. The van der Waals surface area contributed by atoms with Crippen LogP contribution in [0.25, 0.3) is 0 Å². The van der Waals surface area contributed by atoms with Gasteiger partial charge in [0, 0.05) is 11.1 Å². The lowest BCUT2D eigenvalue weighted by Gasteiger charge is -2.32. The number of carbonyl (C=O) groups excluding carboxylic acids is 1. The number of nitrogens with one attached hydrogen (secondary N) is 1. The molecule has 0 saturated carbocycles. The van der Waals surface area contributed by atoms with Crippen LogP contribution in [-0.2, 0) is 21.2 Å². The number of anilines is 1. The molecule has 29 heavy (non-hydrogen) atoms. The second-order valence-corrected chi connectivity index (χ2v) is 9.64. The van der Waals surface area contributed by atoms with Crippen LogP contribution in [0.2, 0.25) is 5.02 Å². The normalized spacial score (nSPS) is 13.6. The summed E-state index contributed by atoms with van der Waals surface area (Å²) in [6.45, 7) is 5.54. The molecule has 2 rings (SSSR count). The van der Waals surface area contributed by atoms with E-state index in [0.29, 0.717) is 17.1 Å². The van der Waals surface area contributed by atoms with E-state index >= 15 is 0 Å². The highest BCUT2D eigenvalue weighted by Crippen LogP contribution is 2.29. The molecule has 0 fully saturated rings. The lowest BCUT2D eigenvalue weighted by Crippen LogP contribution is -2.51. The molecule has 1 amide bonds. The molecule has 0 aliphatic heterocycles. The third-order valence-electron chi connectivity index (χ3n) is 4.84. The fraction of sp³-hybridized carbons (Fsp3) is 0.409. The third kappa shape index (κ3) is 6.47. The second kappa shape index (κ2) is 10.1. The molecule has 0 aliphatic rings. The fourth-order valence-corrected chi connectivity index (χ4v) is 4.72. The molecule has 158 valence electrons. The summed E-state index contributed by atoms with van der Waals surface area (Å²) in [5.74, 6) is -0.308. The van der Waals surface area contributed by atoms with Gasteiger partial charge in [-0.05, 0) is 56.4 Å². The Balaban J connectivity index is 2.19. The molecule has 0 unspecified atom stereocenters. The number of hydrogen-bond acceptors (Lipinski definition) is 3. The number of sulfonamides is 1. The standard InChI is InChI=1S/C22H29ClN2O3S/c1-5-20(22(26)24-17(3)12-13-18-9-7-6-8-10-18)25(29(4,27)28)21-15-19(23)14-11-16(21)2/h6-11,14-15,17,20H,5,12-13H2,1-4H3,(H,24,26)/t17-,20-/m1/s1. The van der Waals surface area contributed by atoms with Gasteiger partial charge in [0.2, 0.25) is 15.9 Å². The van der Waals surface area contributed by atoms with Crippen LogP contribution in [-0.4, -0.2) is 32.7 Å². The smallest absolute Gasteiger partial charge is 0.244 e. The minimum atomic E-state index is -3.69. The largest absolute Gasteiger partial charge is 0.352 e. The minimum absolute atomic E-state index is 0.0846. The summed E-state index contributed by atoms with van der Waals surface area (Å²) in [7, 11) is -3.69. The van der Waals surface area contributed by atoms with Crippen LogP contribution in [0, 0.1) is 6.92 Å². The first-order valence-corrected chi connectivity index (χ1v) is 12.0. The van der Waals surface area contributed by atoms with Crippen molar-refractivity contribution in [2.24, 2.45) is 0 Å². The summed E-state index contributed by atoms with van der Waals surface area (Å²) >= 11 is 6.10. The van der Waals surface area contributed by atoms with E-state index in [1.807, 2.05) is 25.1 Å². The summed E-state index contributed by atoms with van der Waals surface area (Å²) in [5.41, 5.74) is 2.37. The van der Waals surface area contributed by atoms with Crippen LogP contribution in [0.3, 0.4) is 0 Å². The molecule has 0 bridgehead atoms.